The van der Waals surface area contributed by atoms with Crippen molar-refractivity contribution in [3.8, 4) is 11.4 Å². The highest BCUT2D eigenvalue weighted by molar-refractivity contribution is 5.95. The smallest absolute Gasteiger partial charge is 0.270 e. The molecule has 1 aliphatic carbocycles. The maximum Gasteiger partial charge on any atom is 0.270 e. The van der Waals surface area contributed by atoms with E-state index in [2.05, 4.69) is 10.1 Å². The Morgan fingerprint density at radius 3 is 2.68 bits per heavy atom. The molecule has 8 nitrogen and oxygen atoms in total. The third kappa shape index (κ3) is 4.79. The molecule has 0 atom stereocenters. The second-order valence-corrected chi connectivity index (χ2v) is 7.91. The maximum absolute atomic E-state index is 13.4. The van der Waals surface area contributed by atoms with Gasteiger partial charge in [-0.05, 0) is 31.9 Å². The van der Waals surface area contributed by atoms with Crippen LogP contribution in [0, 0.1) is 17.0 Å². The van der Waals surface area contributed by atoms with E-state index in [4.69, 9.17) is 4.52 Å². The molecule has 1 saturated carbocycles. The molecule has 160 valence electrons. The van der Waals surface area contributed by atoms with E-state index in [0.717, 1.165) is 43.2 Å². The van der Waals surface area contributed by atoms with Gasteiger partial charge in [-0.1, -0.05) is 54.2 Å². The lowest BCUT2D eigenvalue weighted by Crippen LogP contribution is -2.41. The van der Waals surface area contributed by atoms with Crippen molar-refractivity contribution in [1.29, 1.82) is 0 Å². The van der Waals surface area contributed by atoms with Gasteiger partial charge in [0, 0.05) is 29.3 Å². The number of carbonyl (C=O) groups is 1. The number of nitro groups is 1. The van der Waals surface area contributed by atoms with E-state index in [1.807, 2.05) is 31.2 Å². The minimum Gasteiger partial charge on any atom is -0.337 e. The summed E-state index contributed by atoms with van der Waals surface area (Å²) in [6, 6.07) is 13.7. The van der Waals surface area contributed by atoms with E-state index < -0.39 is 4.92 Å². The largest absolute Gasteiger partial charge is 0.337 e. The zero-order valence-corrected chi connectivity index (χ0v) is 17.4. The summed E-state index contributed by atoms with van der Waals surface area (Å²) in [5.74, 6) is 0.567. The first kappa shape index (κ1) is 20.7. The number of hydrogen-bond acceptors (Lipinski definition) is 6. The normalized spacial score (nSPS) is 14.4. The maximum atomic E-state index is 13.4. The first-order valence-electron chi connectivity index (χ1n) is 10.5. The van der Waals surface area contributed by atoms with Crippen LogP contribution in [0.1, 0.15) is 53.9 Å². The van der Waals surface area contributed by atoms with Gasteiger partial charge in [-0.15, -0.1) is 0 Å². The second kappa shape index (κ2) is 9.07. The summed E-state index contributed by atoms with van der Waals surface area (Å²) in [6.07, 6.45) is 5.01. The third-order valence-corrected chi connectivity index (χ3v) is 5.63. The first-order valence-corrected chi connectivity index (χ1v) is 10.5. The van der Waals surface area contributed by atoms with Crippen molar-refractivity contribution in [2.24, 2.45) is 0 Å². The lowest BCUT2D eigenvalue weighted by atomic mass is 9.93. The van der Waals surface area contributed by atoms with Gasteiger partial charge in [0.1, 0.15) is 6.54 Å². The average molecular weight is 420 g/mol. The number of aromatic nitrogens is 2. The van der Waals surface area contributed by atoms with Gasteiger partial charge in [-0.3, -0.25) is 14.9 Å². The van der Waals surface area contributed by atoms with Gasteiger partial charge in [0.25, 0.3) is 11.6 Å². The third-order valence-electron chi connectivity index (χ3n) is 5.63. The van der Waals surface area contributed by atoms with Crippen molar-refractivity contribution in [1.82, 2.24) is 15.0 Å². The molecule has 31 heavy (non-hydrogen) atoms. The number of hydrogen-bond donors (Lipinski definition) is 0. The number of nitrogens with zero attached hydrogens (tertiary/aromatic N) is 4. The highest BCUT2D eigenvalue weighted by Crippen LogP contribution is 2.27. The predicted octanol–water partition coefficient (Wildman–Crippen LogP) is 4.93. The highest BCUT2D eigenvalue weighted by atomic mass is 16.6. The number of rotatable bonds is 6. The number of aryl methyl sites for hydroxylation is 1. The summed E-state index contributed by atoms with van der Waals surface area (Å²) in [5.41, 5.74) is 2.13. The Morgan fingerprint density at radius 2 is 1.94 bits per heavy atom. The molecule has 1 fully saturated rings. The van der Waals surface area contributed by atoms with E-state index in [-0.39, 0.29) is 29.7 Å². The zero-order valence-electron chi connectivity index (χ0n) is 17.4. The Bertz CT molecular complexity index is 1090. The van der Waals surface area contributed by atoms with Gasteiger partial charge < -0.3 is 9.42 Å². The van der Waals surface area contributed by atoms with Crippen LogP contribution in [0.2, 0.25) is 0 Å². The Kier molecular flexibility index (Phi) is 6.06. The Hall–Kier alpha value is -3.55. The fourth-order valence-corrected chi connectivity index (χ4v) is 4.04. The molecule has 0 saturated heterocycles. The second-order valence-electron chi connectivity index (χ2n) is 7.91. The molecule has 0 unspecified atom stereocenters. The van der Waals surface area contributed by atoms with E-state index in [0.29, 0.717) is 11.7 Å². The highest BCUT2D eigenvalue weighted by Gasteiger charge is 2.29. The SMILES string of the molecule is Cc1cccc(-c2noc(CN(C(=O)c3cccc([N+](=O)[O-])c3)C3CCCCC3)n2)c1. The molecule has 2 aromatic carbocycles. The van der Waals surface area contributed by atoms with E-state index in [9.17, 15) is 14.9 Å². The van der Waals surface area contributed by atoms with Crippen molar-refractivity contribution in [3.63, 3.8) is 0 Å². The van der Waals surface area contributed by atoms with Crippen LogP contribution in [-0.4, -0.2) is 31.9 Å². The fraction of sp³-hybridized carbons (Fsp3) is 0.348. The van der Waals surface area contributed by atoms with Crippen LogP contribution in [0.4, 0.5) is 5.69 Å². The lowest BCUT2D eigenvalue weighted by molar-refractivity contribution is -0.384. The van der Waals surface area contributed by atoms with Gasteiger partial charge >= 0.3 is 0 Å². The fourth-order valence-electron chi connectivity index (χ4n) is 4.04. The molecule has 1 amide bonds. The molecule has 8 heteroatoms. The summed E-state index contributed by atoms with van der Waals surface area (Å²) < 4.78 is 5.47. The molecule has 1 aliphatic rings. The molecule has 0 N–H and O–H groups in total. The summed E-state index contributed by atoms with van der Waals surface area (Å²) in [6.45, 7) is 2.16. The Balaban J connectivity index is 1.61. The van der Waals surface area contributed by atoms with Gasteiger partial charge in [-0.2, -0.15) is 4.98 Å². The predicted molar refractivity (Wildman–Crippen MR) is 114 cm³/mol. The number of non-ortho nitro benzene ring substituents is 1. The van der Waals surface area contributed by atoms with Crippen LogP contribution < -0.4 is 0 Å². The van der Waals surface area contributed by atoms with Gasteiger partial charge in [0.2, 0.25) is 11.7 Å². The summed E-state index contributed by atoms with van der Waals surface area (Å²) in [7, 11) is 0. The van der Waals surface area contributed by atoms with E-state index in [1.54, 1.807) is 11.0 Å². The van der Waals surface area contributed by atoms with Gasteiger partial charge in [0.15, 0.2) is 0 Å². The lowest BCUT2D eigenvalue weighted by Gasteiger charge is -2.33. The number of amides is 1. The molecule has 0 bridgehead atoms. The van der Waals surface area contributed by atoms with Crippen LogP contribution >= 0.6 is 0 Å². The summed E-state index contributed by atoms with van der Waals surface area (Å²) >= 11 is 0. The molecule has 0 radical (unpaired) electrons. The number of carbonyl (C=O) groups excluding carboxylic acids is 1. The van der Waals surface area contributed by atoms with E-state index in [1.165, 1.54) is 18.2 Å². The minimum absolute atomic E-state index is 0.0369. The first-order chi connectivity index (χ1) is 15.0. The molecule has 0 aliphatic heterocycles. The van der Waals surface area contributed by atoms with Crippen LogP contribution in [0.5, 0.6) is 0 Å². The molecule has 0 spiro atoms. The quantitative estimate of drug-likeness (QED) is 0.414. The van der Waals surface area contributed by atoms with Crippen molar-refractivity contribution in [2.45, 2.75) is 51.6 Å². The molecule has 1 heterocycles. The summed E-state index contributed by atoms with van der Waals surface area (Å²) in [4.78, 5) is 30.2. The van der Waals surface area contributed by atoms with Crippen molar-refractivity contribution < 1.29 is 14.2 Å². The average Bonchev–Trinajstić information content (AvgIpc) is 3.26. The Labute approximate surface area is 180 Å². The minimum atomic E-state index is -0.492. The van der Waals surface area contributed by atoms with Crippen LogP contribution in [0.25, 0.3) is 11.4 Å². The Morgan fingerprint density at radius 1 is 1.16 bits per heavy atom. The molecule has 4 rings (SSSR count). The zero-order chi connectivity index (χ0) is 21.8. The van der Waals surface area contributed by atoms with Crippen molar-refractivity contribution >= 4 is 11.6 Å². The molecular formula is C23H24N4O4. The van der Waals surface area contributed by atoms with Gasteiger partial charge in [-0.25, -0.2) is 0 Å². The topological polar surface area (TPSA) is 102 Å². The molecular weight excluding hydrogens is 396 g/mol. The molecule has 3 aromatic rings. The van der Waals surface area contributed by atoms with Crippen LogP contribution in [0.15, 0.2) is 53.1 Å². The van der Waals surface area contributed by atoms with Crippen LogP contribution in [-0.2, 0) is 6.54 Å². The van der Waals surface area contributed by atoms with E-state index >= 15 is 0 Å². The monoisotopic (exact) mass is 420 g/mol. The summed E-state index contributed by atoms with van der Waals surface area (Å²) in [5, 5.41) is 15.2. The number of nitro benzene ring substituents is 1. The number of benzene rings is 2. The standard InChI is InChI=1S/C23H24N4O4/c1-16-7-5-8-17(13-16)22-24-21(31-25-22)15-26(19-10-3-2-4-11-19)23(28)18-9-6-12-20(14-18)27(29)30/h5-9,12-14,19H,2-4,10-11,15H2,1H3. The van der Waals surface area contributed by atoms with Crippen molar-refractivity contribution in [2.75, 3.05) is 0 Å². The van der Waals surface area contributed by atoms with Crippen molar-refractivity contribution in [3.05, 3.63) is 75.7 Å². The molecule has 1 aromatic heterocycles. The van der Waals surface area contributed by atoms with Crippen LogP contribution in [0.3, 0.4) is 0 Å². The van der Waals surface area contributed by atoms with Gasteiger partial charge in [0.05, 0.1) is 4.92 Å².